The van der Waals surface area contributed by atoms with Crippen LogP contribution in [0.3, 0.4) is 0 Å². The summed E-state index contributed by atoms with van der Waals surface area (Å²) < 4.78 is 3.60. The van der Waals surface area contributed by atoms with Crippen LogP contribution >= 0.6 is 27.9 Å². The second-order valence-electron chi connectivity index (χ2n) is 11.4. The van der Waals surface area contributed by atoms with Crippen molar-refractivity contribution < 1.29 is 0 Å². The van der Waals surface area contributed by atoms with Crippen LogP contribution in [0, 0.1) is 0 Å². The average Bonchev–Trinajstić information content (AvgIpc) is 3.57. The fourth-order valence-electron chi connectivity index (χ4n) is 6.76. The van der Waals surface area contributed by atoms with Crippen LogP contribution in [0.5, 0.6) is 0 Å². The van der Waals surface area contributed by atoms with E-state index in [9.17, 15) is 0 Å². The minimum atomic E-state index is -0.576. The topological polar surface area (TPSA) is 35.2 Å². The van der Waals surface area contributed by atoms with Gasteiger partial charge in [0.05, 0.1) is 29.2 Å². The third-order valence-electron chi connectivity index (χ3n) is 8.75. The molecule has 1 aliphatic rings. The number of hydrogen-bond donors (Lipinski definition) is 1. The largest absolute Gasteiger partial charge is 0.359 e. The van der Waals surface area contributed by atoms with Crippen LogP contribution in [-0.4, -0.2) is 33.9 Å². The lowest BCUT2D eigenvalue weighted by Gasteiger charge is -2.48. The molecule has 1 atom stereocenters. The first-order chi connectivity index (χ1) is 22.2. The van der Waals surface area contributed by atoms with Crippen molar-refractivity contribution in [3.05, 3.63) is 184 Å². The first kappa shape index (κ1) is 29.6. The molecule has 0 saturated carbocycles. The summed E-state index contributed by atoms with van der Waals surface area (Å²) in [6.45, 7) is 2.70. The number of benzene rings is 5. The Labute approximate surface area is 278 Å². The number of nitrogens with one attached hydrogen (secondary N) is 1. The number of fused-ring (bicyclic) bond motifs is 1. The van der Waals surface area contributed by atoms with E-state index in [0.29, 0.717) is 0 Å². The van der Waals surface area contributed by atoms with Gasteiger partial charge in [-0.3, -0.25) is 0 Å². The molecule has 0 saturated heterocycles. The van der Waals surface area contributed by atoms with E-state index in [1.807, 2.05) is 18.3 Å². The van der Waals surface area contributed by atoms with Gasteiger partial charge in [0.15, 0.2) is 0 Å². The van der Waals surface area contributed by atoms with Crippen LogP contribution in [-0.2, 0) is 11.8 Å². The molecule has 1 aliphatic heterocycles. The number of aromatic nitrogens is 2. The molecule has 45 heavy (non-hydrogen) atoms. The van der Waals surface area contributed by atoms with Crippen molar-refractivity contribution in [3.8, 4) is 0 Å². The highest BCUT2D eigenvalue weighted by Gasteiger charge is 2.49. The van der Waals surface area contributed by atoms with Crippen molar-refractivity contribution in [2.24, 2.45) is 0 Å². The Kier molecular flexibility index (Phi) is 8.87. The average molecular weight is 672 g/mol. The molecule has 1 N–H and O–H groups in total. The van der Waals surface area contributed by atoms with Crippen LogP contribution in [0.4, 0.5) is 5.69 Å². The minimum absolute atomic E-state index is 0.162. The molecule has 5 aromatic carbocycles. The fourth-order valence-corrected chi connectivity index (χ4v) is 8.36. The van der Waals surface area contributed by atoms with Gasteiger partial charge in [0.2, 0.25) is 0 Å². The standard InChI is InChI=1S/C39H35BrN4S/c40-34-21-22-36-37(27-34)45-43(24-23-30-13-5-1-6-14-30)25-26-44(36)38(35-28-41-29-42-35)39(31-15-7-2-8-16-31,32-17-9-3-10-18-32)33-19-11-4-12-20-33/h1-22,27-29,38H,23-26H2,(H,41,42). The maximum Gasteiger partial charge on any atom is 0.0924 e. The number of nitrogens with zero attached hydrogens (tertiary/aromatic N) is 3. The third-order valence-corrected chi connectivity index (χ3v) is 10.4. The molecule has 0 spiro atoms. The van der Waals surface area contributed by atoms with Crippen LogP contribution in [0.2, 0.25) is 0 Å². The van der Waals surface area contributed by atoms with Gasteiger partial charge in [-0.2, -0.15) is 0 Å². The van der Waals surface area contributed by atoms with Crippen molar-refractivity contribution in [2.75, 3.05) is 24.5 Å². The Morgan fingerprint density at radius 2 is 1.31 bits per heavy atom. The van der Waals surface area contributed by atoms with Crippen LogP contribution in [0.15, 0.2) is 161 Å². The molecule has 2 heterocycles. The maximum atomic E-state index is 5.02. The normalized spacial score (nSPS) is 14.5. The number of H-pyrrole nitrogens is 1. The molecule has 0 aliphatic carbocycles. The number of imidazole rings is 1. The smallest absolute Gasteiger partial charge is 0.0924 e. The Balaban J connectivity index is 1.43. The first-order valence-corrected chi connectivity index (χ1v) is 17.0. The molecule has 6 heteroatoms. The summed E-state index contributed by atoms with van der Waals surface area (Å²) in [4.78, 5) is 12.2. The minimum Gasteiger partial charge on any atom is -0.359 e. The molecule has 6 aromatic rings. The molecule has 1 aromatic heterocycles. The van der Waals surface area contributed by atoms with Gasteiger partial charge in [-0.1, -0.05) is 137 Å². The van der Waals surface area contributed by atoms with Gasteiger partial charge in [-0.25, -0.2) is 9.29 Å². The number of rotatable bonds is 9. The lowest BCUT2D eigenvalue weighted by Crippen LogP contribution is -2.48. The Hall–Kier alpha value is -4.10. The summed E-state index contributed by atoms with van der Waals surface area (Å²) in [6, 6.07) is 50.3. The predicted octanol–water partition coefficient (Wildman–Crippen LogP) is 9.32. The van der Waals surface area contributed by atoms with E-state index in [4.69, 9.17) is 4.98 Å². The quantitative estimate of drug-likeness (QED) is 0.123. The molecule has 0 fully saturated rings. The molecule has 0 bridgehead atoms. The Morgan fingerprint density at radius 3 is 1.87 bits per heavy atom. The molecular weight excluding hydrogens is 636 g/mol. The second kappa shape index (κ2) is 13.5. The Morgan fingerprint density at radius 1 is 0.733 bits per heavy atom. The van der Waals surface area contributed by atoms with E-state index in [1.54, 1.807) is 0 Å². The summed E-state index contributed by atoms with van der Waals surface area (Å²) in [6.07, 6.45) is 4.90. The van der Waals surface area contributed by atoms with E-state index in [0.717, 1.165) is 36.2 Å². The van der Waals surface area contributed by atoms with Gasteiger partial charge >= 0.3 is 0 Å². The summed E-state index contributed by atoms with van der Waals surface area (Å²) in [7, 11) is 0. The van der Waals surface area contributed by atoms with Crippen LogP contribution < -0.4 is 4.90 Å². The summed E-state index contributed by atoms with van der Waals surface area (Å²) in [5.74, 6) is 0. The monoisotopic (exact) mass is 670 g/mol. The Bertz CT molecular complexity index is 1700. The maximum absolute atomic E-state index is 5.02. The van der Waals surface area contributed by atoms with Gasteiger partial charge in [0.1, 0.15) is 0 Å². The molecule has 0 amide bonds. The second-order valence-corrected chi connectivity index (χ2v) is 13.4. The highest BCUT2D eigenvalue weighted by atomic mass is 79.9. The molecule has 4 nitrogen and oxygen atoms in total. The van der Waals surface area contributed by atoms with Crippen molar-refractivity contribution in [2.45, 2.75) is 22.8 Å². The first-order valence-electron chi connectivity index (χ1n) is 15.4. The van der Waals surface area contributed by atoms with Gasteiger partial charge in [-0.15, -0.1) is 0 Å². The van der Waals surface area contributed by atoms with Crippen molar-refractivity contribution in [3.63, 3.8) is 0 Å². The molecular formula is C39H35BrN4S. The fraction of sp³-hybridized carbons (Fsp3) is 0.154. The zero-order chi connectivity index (χ0) is 30.5. The van der Waals surface area contributed by atoms with E-state index < -0.39 is 5.41 Å². The van der Waals surface area contributed by atoms with Crippen LogP contribution in [0.1, 0.15) is 34.0 Å². The number of hydrogen-bond acceptors (Lipinski definition) is 4. The van der Waals surface area contributed by atoms with E-state index in [-0.39, 0.29) is 6.04 Å². The lowest BCUT2D eigenvalue weighted by atomic mass is 9.63. The zero-order valence-corrected chi connectivity index (χ0v) is 27.4. The highest BCUT2D eigenvalue weighted by Crippen LogP contribution is 2.53. The summed E-state index contributed by atoms with van der Waals surface area (Å²) in [5, 5.41) is 0. The molecule has 1 unspecified atom stereocenters. The van der Waals surface area contributed by atoms with E-state index in [2.05, 4.69) is 176 Å². The SMILES string of the molecule is Brc1ccc2c(c1)SN(CCc1ccccc1)CCN2C(c1c[nH]cn1)C(c1ccccc1)(c1ccccc1)c1ccccc1. The lowest BCUT2D eigenvalue weighted by molar-refractivity contribution is 0.416. The van der Waals surface area contributed by atoms with Gasteiger partial charge < -0.3 is 9.88 Å². The van der Waals surface area contributed by atoms with Gasteiger partial charge in [-0.05, 0) is 58.8 Å². The molecule has 0 radical (unpaired) electrons. The zero-order valence-electron chi connectivity index (χ0n) is 25.0. The van der Waals surface area contributed by atoms with Crippen LogP contribution in [0.25, 0.3) is 0 Å². The number of anilines is 1. The third kappa shape index (κ3) is 5.98. The molecule has 224 valence electrons. The predicted molar refractivity (Wildman–Crippen MR) is 190 cm³/mol. The van der Waals surface area contributed by atoms with Crippen molar-refractivity contribution in [1.29, 1.82) is 0 Å². The van der Waals surface area contributed by atoms with Gasteiger partial charge in [0.25, 0.3) is 0 Å². The summed E-state index contributed by atoms with van der Waals surface area (Å²) >= 11 is 5.65. The van der Waals surface area contributed by atoms with Crippen molar-refractivity contribution >= 4 is 33.6 Å². The molecule has 7 rings (SSSR count). The number of halogens is 1. The highest BCUT2D eigenvalue weighted by molar-refractivity contribution is 9.10. The van der Waals surface area contributed by atoms with Crippen molar-refractivity contribution in [1.82, 2.24) is 14.3 Å². The van der Waals surface area contributed by atoms with Gasteiger partial charge in [0, 0.05) is 35.2 Å². The number of aromatic amines is 1. The summed E-state index contributed by atoms with van der Waals surface area (Å²) in [5.41, 5.74) is 6.69. The van der Waals surface area contributed by atoms with E-state index >= 15 is 0 Å². The van der Waals surface area contributed by atoms with E-state index in [1.165, 1.54) is 32.8 Å².